The summed E-state index contributed by atoms with van der Waals surface area (Å²) in [4.78, 5) is 0. The van der Waals surface area contributed by atoms with Gasteiger partial charge < -0.3 is 19.7 Å². The molecule has 0 aromatic heterocycles. The minimum atomic E-state index is -0.721. The van der Waals surface area contributed by atoms with Crippen LogP contribution in [0.25, 0.3) is 0 Å². The van der Waals surface area contributed by atoms with Crippen molar-refractivity contribution >= 4 is 0 Å². The molecular weight excluding hydrogens is 220 g/mol. The predicted octanol–water partition coefficient (Wildman–Crippen LogP) is 1.05. The Hall–Kier alpha value is -0.160. The Morgan fingerprint density at radius 3 is 2.06 bits per heavy atom. The van der Waals surface area contributed by atoms with Crippen LogP contribution in [0, 0.1) is 11.3 Å². The molecule has 0 amide bonds. The minimum absolute atomic E-state index is 0.0966. The Labute approximate surface area is 102 Å². The van der Waals surface area contributed by atoms with Crippen LogP contribution in [0.1, 0.15) is 39.0 Å². The lowest BCUT2D eigenvalue weighted by atomic mass is 9.71. The second-order valence-electron chi connectivity index (χ2n) is 6.06. The summed E-state index contributed by atoms with van der Waals surface area (Å²) < 4.78 is 11.3. The summed E-state index contributed by atoms with van der Waals surface area (Å²) in [6.07, 6.45) is 3.79. The molecule has 4 heteroatoms. The Kier molecular flexibility index (Phi) is 2.57. The zero-order chi connectivity index (χ0) is 12.1. The zero-order valence-electron chi connectivity index (χ0n) is 10.4. The highest BCUT2D eigenvalue weighted by Gasteiger charge is 2.65. The Bertz CT molecular complexity index is 297. The molecule has 0 aromatic carbocycles. The van der Waals surface area contributed by atoms with Gasteiger partial charge in [-0.1, -0.05) is 6.92 Å². The van der Waals surface area contributed by atoms with E-state index in [1.807, 2.05) is 0 Å². The highest BCUT2D eigenvalue weighted by Crippen LogP contribution is 2.63. The zero-order valence-corrected chi connectivity index (χ0v) is 10.4. The smallest absolute Gasteiger partial charge is 0.168 e. The minimum Gasteiger partial charge on any atom is -0.396 e. The number of hydrogen-bond donors (Lipinski definition) is 2. The third kappa shape index (κ3) is 1.58. The maximum Gasteiger partial charge on any atom is 0.168 e. The van der Waals surface area contributed by atoms with Crippen LogP contribution in [-0.4, -0.2) is 41.4 Å². The van der Waals surface area contributed by atoms with E-state index in [1.54, 1.807) is 0 Å². The molecule has 1 spiro atoms. The van der Waals surface area contributed by atoms with Crippen LogP contribution in [0.5, 0.6) is 0 Å². The van der Waals surface area contributed by atoms with Gasteiger partial charge in [-0.25, -0.2) is 0 Å². The molecule has 2 aliphatic carbocycles. The van der Waals surface area contributed by atoms with Crippen LogP contribution in [0.2, 0.25) is 0 Å². The number of ether oxygens (including phenoxy) is 2. The SMILES string of the molecule is CC1CC1(CO)C1(O)CCC2(CC1)OCCO2. The second kappa shape index (κ2) is 3.67. The number of aliphatic hydroxyl groups excluding tert-OH is 1. The molecule has 0 radical (unpaired) electrons. The van der Waals surface area contributed by atoms with Gasteiger partial charge in [0.2, 0.25) is 0 Å². The lowest BCUT2D eigenvalue weighted by Crippen LogP contribution is -2.50. The largest absolute Gasteiger partial charge is 0.396 e. The van der Waals surface area contributed by atoms with Gasteiger partial charge in [-0.2, -0.15) is 0 Å². The van der Waals surface area contributed by atoms with E-state index < -0.39 is 11.4 Å². The Morgan fingerprint density at radius 1 is 1.12 bits per heavy atom. The van der Waals surface area contributed by atoms with Crippen molar-refractivity contribution in [2.24, 2.45) is 11.3 Å². The maximum atomic E-state index is 10.8. The van der Waals surface area contributed by atoms with Gasteiger partial charge in [0, 0.05) is 18.3 Å². The fourth-order valence-corrected chi connectivity index (χ4v) is 3.83. The summed E-state index contributed by atoms with van der Waals surface area (Å²) in [7, 11) is 0. The molecule has 4 nitrogen and oxygen atoms in total. The van der Waals surface area contributed by atoms with Gasteiger partial charge in [0.1, 0.15) is 0 Å². The molecule has 3 rings (SSSR count). The van der Waals surface area contributed by atoms with Crippen LogP contribution in [0.3, 0.4) is 0 Å². The highest BCUT2D eigenvalue weighted by atomic mass is 16.7. The molecule has 3 aliphatic rings. The van der Waals surface area contributed by atoms with Crippen molar-refractivity contribution < 1.29 is 19.7 Å². The third-order valence-corrected chi connectivity index (χ3v) is 5.32. The van der Waals surface area contributed by atoms with Crippen LogP contribution in [0.15, 0.2) is 0 Å². The van der Waals surface area contributed by atoms with Gasteiger partial charge in [0.25, 0.3) is 0 Å². The van der Waals surface area contributed by atoms with Crippen molar-refractivity contribution in [2.45, 2.75) is 50.4 Å². The van der Waals surface area contributed by atoms with Crippen LogP contribution < -0.4 is 0 Å². The van der Waals surface area contributed by atoms with E-state index in [0.717, 1.165) is 19.3 Å². The number of rotatable bonds is 2. The predicted molar refractivity (Wildman–Crippen MR) is 61.4 cm³/mol. The first-order valence-electron chi connectivity index (χ1n) is 6.67. The van der Waals surface area contributed by atoms with E-state index in [2.05, 4.69) is 6.92 Å². The fourth-order valence-electron chi connectivity index (χ4n) is 3.83. The summed E-state index contributed by atoms with van der Waals surface area (Å²) in [6, 6.07) is 0. The lowest BCUT2D eigenvalue weighted by Gasteiger charge is -2.45. The number of aliphatic hydroxyl groups is 2. The summed E-state index contributed by atoms with van der Waals surface area (Å²) >= 11 is 0. The first-order valence-corrected chi connectivity index (χ1v) is 6.67. The normalized spacial score (nSPS) is 42.9. The first kappa shape index (κ1) is 11.9. The molecule has 0 bridgehead atoms. The van der Waals surface area contributed by atoms with Crippen molar-refractivity contribution in [1.82, 2.24) is 0 Å². The molecule has 1 aliphatic heterocycles. The van der Waals surface area contributed by atoms with Gasteiger partial charge in [-0.3, -0.25) is 0 Å². The molecule has 2 N–H and O–H groups in total. The molecule has 1 saturated heterocycles. The first-order chi connectivity index (χ1) is 8.06. The third-order valence-electron chi connectivity index (χ3n) is 5.32. The summed E-state index contributed by atoms with van der Waals surface area (Å²) in [5, 5.41) is 20.4. The van der Waals surface area contributed by atoms with Crippen molar-refractivity contribution in [3.05, 3.63) is 0 Å². The van der Waals surface area contributed by atoms with Crippen LogP contribution >= 0.6 is 0 Å². The Balaban J connectivity index is 1.71. The maximum absolute atomic E-state index is 10.8. The van der Waals surface area contributed by atoms with Crippen LogP contribution in [0.4, 0.5) is 0 Å². The highest BCUT2D eigenvalue weighted by molar-refractivity contribution is 5.14. The van der Waals surface area contributed by atoms with Gasteiger partial charge >= 0.3 is 0 Å². The van der Waals surface area contributed by atoms with E-state index in [4.69, 9.17) is 9.47 Å². The average Bonchev–Trinajstić information content (AvgIpc) is 2.82. The van der Waals surface area contributed by atoms with Gasteiger partial charge in [0.15, 0.2) is 5.79 Å². The van der Waals surface area contributed by atoms with Gasteiger partial charge in [-0.15, -0.1) is 0 Å². The molecule has 2 atom stereocenters. The molecule has 2 unspecified atom stereocenters. The van der Waals surface area contributed by atoms with E-state index >= 15 is 0 Å². The van der Waals surface area contributed by atoms with E-state index in [9.17, 15) is 10.2 Å². The monoisotopic (exact) mass is 242 g/mol. The second-order valence-corrected chi connectivity index (χ2v) is 6.06. The summed E-state index contributed by atoms with van der Waals surface area (Å²) in [5.41, 5.74) is -0.977. The molecule has 3 fully saturated rings. The summed E-state index contributed by atoms with van der Waals surface area (Å²) in [5.74, 6) is -0.00181. The topological polar surface area (TPSA) is 58.9 Å². The van der Waals surface area contributed by atoms with Crippen molar-refractivity contribution in [1.29, 1.82) is 0 Å². The van der Waals surface area contributed by atoms with Crippen LogP contribution in [-0.2, 0) is 9.47 Å². The molecule has 0 aromatic rings. The lowest BCUT2D eigenvalue weighted by molar-refractivity contribution is -0.216. The molecule has 2 saturated carbocycles. The fraction of sp³-hybridized carbons (Fsp3) is 1.00. The van der Waals surface area contributed by atoms with E-state index in [-0.39, 0.29) is 12.0 Å². The quantitative estimate of drug-likeness (QED) is 0.760. The van der Waals surface area contributed by atoms with Gasteiger partial charge in [0.05, 0.1) is 25.4 Å². The average molecular weight is 242 g/mol. The molecule has 1 heterocycles. The summed E-state index contributed by atoms with van der Waals surface area (Å²) in [6.45, 7) is 3.54. The van der Waals surface area contributed by atoms with E-state index in [0.29, 0.717) is 32.0 Å². The van der Waals surface area contributed by atoms with Crippen molar-refractivity contribution in [3.8, 4) is 0 Å². The standard InChI is InChI=1S/C13H22O4/c1-10-8-11(10,9-14)12(15)2-4-13(5-3-12)16-6-7-17-13/h10,14-15H,2-9H2,1H3. The Morgan fingerprint density at radius 2 is 1.65 bits per heavy atom. The van der Waals surface area contributed by atoms with E-state index in [1.165, 1.54) is 0 Å². The molecule has 17 heavy (non-hydrogen) atoms. The van der Waals surface area contributed by atoms with Crippen molar-refractivity contribution in [2.75, 3.05) is 19.8 Å². The van der Waals surface area contributed by atoms with Gasteiger partial charge in [-0.05, 0) is 25.2 Å². The van der Waals surface area contributed by atoms with Crippen molar-refractivity contribution in [3.63, 3.8) is 0 Å². The molecule has 98 valence electrons. The number of hydrogen-bond acceptors (Lipinski definition) is 4. The molecular formula is C13H22O4.